The van der Waals surface area contributed by atoms with Gasteiger partial charge in [0.15, 0.2) is 5.16 Å². The van der Waals surface area contributed by atoms with Crippen molar-refractivity contribution >= 4 is 17.6 Å². The summed E-state index contributed by atoms with van der Waals surface area (Å²) in [7, 11) is 1.88. The van der Waals surface area contributed by atoms with Crippen molar-refractivity contribution < 1.29 is 0 Å². The molecule has 96 valence electrons. The number of nitrogens with zero attached hydrogens (tertiary/aromatic N) is 3. The number of nitrogens with one attached hydrogen (secondary N) is 2. The lowest BCUT2D eigenvalue weighted by atomic mass is 10.3. The van der Waals surface area contributed by atoms with Crippen LogP contribution in [-0.2, 0) is 6.42 Å². The van der Waals surface area contributed by atoms with Gasteiger partial charge in [-0.3, -0.25) is 0 Å². The van der Waals surface area contributed by atoms with Crippen LogP contribution in [0.15, 0.2) is 22.6 Å². The van der Waals surface area contributed by atoms with Crippen LogP contribution in [0.5, 0.6) is 0 Å². The molecule has 18 heavy (non-hydrogen) atoms. The highest BCUT2D eigenvalue weighted by Gasteiger charge is 2.11. The van der Waals surface area contributed by atoms with E-state index < -0.39 is 0 Å². The van der Waals surface area contributed by atoms with Crippen molar-refractivity contribution in [2.24, 2.45) is 0 Å². The van der Waals surface area contributed by atoms with Crippen molar-refractivity contribution in [3.8, 4) is 0 Å². The average Bonchev–Trinajstić information content (AvgIpc) is 2.86. The maximum atomic E-state index is 4.60. The molecular formula is C12H17N5S. The number of aromatic amines is 1. The number of hydrogen-bond donors (Lipinski definition) is 2. The summed E-state index contributed by atoms with van der Waals surface area (Å²) in [4.78, 5) is 16.4. The largest absolute Gasteiger partial charge is 0.373 e. The SMILES string of the molecule is CCCc1nc(NC)c(C)c(Sc2ncc[nH]2)n1. The zero-order chi connectivity index (χ0) is 13.0. The molecule has 2 heterocycles. The molecule has 2 N–H and O–H groups in total. The Hall–Kier alpha value is -1.56. The first-order chi connectivity index (χ1) is 8.74. The van der Waals surface area contributed by atoms with Gasteiger partial charge in [-0.1, -0.05) is 6.92 Å². The van der Waals surface area contributed by atoms with E-state index in [0.29, 0.717) is 0 Å². The molecule has 0 fully saturated rings. The highest BCUT2D eigenvalue weighted by molar-refractivity contribution is 7.99. The van der Waals surface area contributed by atoms with E-state index >= 15 is 0 Å². The molecule has 2 rings (SSSR count). The number of hydrogen-bond acceptors (Lipinski definition) is 5. The molecule has 5 nitrogen and oxygen atoms in total. The Balaban J connectivity index is 2.34. The van der Waals surface area contributed by atoms with Crippen LogP contribution in [0.3, 0.4) is 0 Å². The van der Waals surface area contributed by atoms with E-state index in [1.165, 1.54) is 11.8 Å². The first-order valence-corrected chi connectivity index (χ1v) is 6.78. The molecule has 0 saturated heterocycles. The molecule has 6 heteroatoms. The van der Waals surface area contributed by atoms with E-state index in [2.05, 4.69) is 32.2 Å². The second kappa shape index (κ2) is 5.86. The number of rotatable bonds is 5. The van der Waals surface area contributed by atoms with Gasteiger partial charge in [0.25, 0.3) is 0 Å². The number of anilines is 1. The van der Waals surface area contributed by atoms with E-state index in [0.717, 1.165) is 40.2 Å². The molecule has 0 aliphatic rings. The number of aromatic nitrogens is 4. The van der Waals surface area contributed by atoms with Gasteiger partial charge in [-0.15, -0.1) is 0 Å². The lowest BCUT2D eigenvalue weighted by molar-refractivity contribution is 0.803. The van der Waals surface area contributed by atoms with Gasteiger partial charge < -0.3 is 10.3 Å². The van der Waals surface area contributed by atoms with Gasteiger partial charge in [0.1, 0.15) is 16.7 Å². The van der Waals surface area contributed by atoms with Crippen LogP contribution < -0.4 is 5.32 Å². The van der Waals surface area contributed by atoms with Crippen molar-refractivity contribution in [1.82, 2.24) is 19.9 Å². The van der Waals surface area contributed by atoms with Crippen molar-refractivity contribution in [3.63, 3.8) is 0 Å². The Labute approximate surface area is 111 Å². The molecule has 0 bridgehead atoms. The summed E-state index contributed by atoms with van der Waals surface area (Å²) in [5.41, 5.74) is 1.05. The Bertz CT molecular complexity index is 509. The van der Waals surface area contributed by atoms with E-state index in [-0.39, 0.29) is 0 Å². The Morgan fingerprint density at radius 2 is 2.22 bits per heavy atom. The average molecular weight is 263 g/mol. The van der Waals surface area contributed by atoms with E-state index in [1.807, 2.05) is 20.2 Å². The maximum absolute atomic E-state index is 4.60. The molecule has 0 aliphatic heterocycles. The molecule has 0 amide bonds. The number of H-pyrrole nitrogens is 1. The second-order valence-corrected chi connectivity index (χ2v) is 4.89. The van der Waals surface area contributed by atoms with E-state index in [1.54, 1.807) is 6.20 Å². The van der Waals surface area contributed by atoms with Crippen molar-refractivity contribution in [1.29, 1.82) is 0 Å². The molecule has 0 unspecified atom stereocenters. The standard InChI is InChI=1S/C12H17N5S/c1-4-5-9-16-10(13-3)8(2)11(17-9)18-12-14-6-7-15-12/h6-7H,4-5H2,1-3H3,(H,14,15)(H,13,16,17). The van der Waals surface area contributed by atoms with E-state index in [4.69, 9.17) is 0 Å². The van der Waals surface area contributed by atoms with Gasteiger partial charge in [-0.05, 0) is 25.1 Å². The highest BCUT2D eigenvalue weighted by atomic mass is 32.2. The molecule has 2 aromatic rings. The molecule has 0 atom stereocenters. The summed E-state index contributed by atoms with van der Waals surface area (Å²) in [6, 6.07) is 0. The zero-order valence-corrected chi connectivity index (χ0v) is 11.6. The fraction of sp³-hybridized carbons (Fsp3) is 0.417. The number of aryl methyl sites for hydroxylation is 1. The zero-order valence-electron chi connectivity index (χ0n) is 10.8. The first-order valence-electron chi connectivity index (χ1n) is 5.97. The van der Waals surface area contributed by atoms with Gasteiger partial charge in [0, 0.05) is 31.4 Å². The summed E-state index contributed by atoms with van der Waals surface area (Å²) >= 11 is 1.53. The van der Waals surface area contributed by atoms with Crippen LogP contribution >= 0.6 is 11.8 Å². The van der Waals surface area contributed by atoms with Crippen LogP contribution in [-0.4, -0.2) is 27.0 Å². The van der Waals surface area contributed by atoms with Gasteiger partial charge in [-0.2, -0.15) is 0 Å². The quantitative estimate of drug-likeness (QED) is 0.812. The second-order valence-electron chi connectivity index (χ2n) is 3.91. The third kappa shape index (κ3) is 2.81. The molecule has 2 aromatic heterocycles. The minimum Gasteiger partial charge on any atom is -0.373 e. The van der Waals surface area contributed by atoms with Crippen LogP contribution in [0.4, 0.5) is 5.82 Å². The molecule has 0 aliphatic carbocycles. The molecular weight excluding hydrogens is 246 g/mol. The van der Waals surface area contributed by atoms with Crippen LogP contribution in [0.1, 0.15) is 24.7 Å². The summed E-state index contributed by atoms with van der Waals surface area (Å²) in [5.74, 6) is 1.77. The van der Waals surface area contributed by atoms with Crippen molar-refractivity contribution in [2.45, 2.75) is 36.9 Å². The van der Waals surface area contributed by atoms with E-state index in [9.17, 15) is 0 Å². The maximum Gasteiger partial charge on any atom is 0.171 e. The third-order valence-electron chi connectivity index (χ3n) is 2.52. The molecule has 0 saturated carbocycles. The monoisotopic (exact) mass is 263 g/mol. The topological polar surface area (TPSA) is 66.5 Å². The predicted octanol–water partition coefficient (Wildman–Crippen LogP) is 2.65. The summed E-state index contributed by atoms with van der Waals surface area (Å²) in [6.07, 6.45) is 5.48. The van der Waals surface area contributed by atoms with Crippen LogP contribution in [0, 0.1) is 6.92 Å². The Morgan fingerprint density at radius 1 is 1.39 bits per heavy atom. The fourth-order valence-electron chi connectivity index (χ4n) is 1.62. The molecule has 0 aromatic carbocycles. The Kier molecular flexibility index (Phi) is 4.19. The lowest BCUT2D eigenvalue weighted by Crippen LogP contribution is -2.04. The summed E-state index contributed by atoms with van der Waals surface area (Å²) in [6.45, 7) is 4.15. The van der Waals surface area contributed by atoms with Crippen molar-refractivity contribution in [3.05, 3.63) is 23.8 Å². The first kappa shape index (κ1) is 12.9. The molecule has 0 spiro atoms. The Morgan fingerprint density at radius 3 is 2.83 bits per heavy atom. The van der Waals surface area contributed by atoms with Gasteiger partial charge in [0.05, 0.1) is 0 Å². The van der Waals surface area contributed by atoms with Gasteiger partial charge >= 0.3 is 0 Å². The fourth-order valence-corrected chi connectivity index (χ4v) is 2.44. The summed E-state index contributed by atoms with van der Waals surface area (Å²) < 4.78 is 0. The normalized spacial score (nSPS) is 10.6. The van der Waals surface area contributed by atoms with Gasteiger partial charge in [-0.25, -0.2) is 15.0 Å². The highest BCUT2D eigenvalue weighted by Crippen LogP contribution is 2.29. The van der Waals surface area contributed by atoms with Gasteiger partial charge in [0.2, 0.25) is 0 Å². The lowest BCUT2D eigenvalue weighted by Gasteiger charge is -2.10. The van der Waals surface area contributed by atoms with Crippen LogP contribution in [0.25, 0.3) is 0 Å². The predicted molar refractivity (Wildman–Crippen MR) is 73.0 cm³/mol. The summed E-state index contributed by atoms with van der Waals surface area (Å²) in [5, 5.41) is 4.92. The minimum atomic E-state index is 0.848. The minimum absolute atomic E-state index is 0.848. The smallest absolute Gasteiger partial charge is 0.171 e. The third-order valence-corrected chi connectivity index (χ3v) is 3.53. The van der Waals surface area contributed by atoms with Crippen molar-refractivity contribution in [2.75, 3.05) is 12.4 Å². The van der Waals surface area contributed by atoms with Crippen LogP contribution in [0.2, 0.25) is 0 Å². The number of imidazole rings is 1. The molecule has 0 radical (unpaired) electrons.